The van der Waals surface area contributed by atoms with E-state index in [1.165, 1.54) is 10.6 Å². The van der Waals surface area contributed by atoms with Gasteiger partial charge in [0.1, 0.15) is 0 Å². The summed E-state index contributed by atoms with van der Waals surface area (Å²) in [7, 11) is 0. The Labute approximate surface area is 144 Å². The zero-order valence-electron chi connectivity index (χ0n) is 13.3. The summed E-state index contributed by atoms with van der Waals surface area (Å²) in [6.45, 7) is 5.01. The second kappa shape index (κ2) is 6.72. The molecule has 0 radical (unpaired) electrons. The van der Waals surface area contributed by atoms with E-state index in [0.29, 0.717) is 5.56 Å². The summed E-state index contributed by atoms with van der Waals surface area (Å²) >= 11 is 3.41. The normalized spacial score (nSPS) is 11.0. The number of thiophene rings is 2. The lowest BCUT2D eigenvalue weighted by Gasteiger charge is -2.11. The molecule has 0 aliphatic carbocycles. The van der Waals surface area contributed by atoms with Crippen LogP contribution < -0.4 is 5.73 Å². The number of carbonyl (C=O) groups is 1. The molecule has 0 aromatic carbocycles. The molecule has 0 atom stereocenters. The Hall–Kier alpha value is -1.85. The van der Waals surface area contributed by atoms with Gasteiger partial charge in [-0.3, -0.25) is 4.79 Å². The fourth-order valence-electron chi connectivity index (χ4n) is 3.16. The van der Waals surface area contributed by atoms with Gasteiger partial charge >= 0.3 is 0 Å². The van der Waals surface area contributed by atoms with Crippen molar-refractivity contribution in [2.45, 2.75) is 33.2 Å². The largest absolute Gasteiger partial charge is 0.366 e. The van der Waals surface area contributed by atoms with E-state index in [-0.39, 0.29) is 5.91 Å². The molecule has 3 aromatic heterocycles. The van der Waals surface area contributed by atoms with E-state index in [0.717, 1.165) is 36.2 Å². The highest BCUT2D eigenvalue weighted by atomic mass is 32.1. The monoisotopic (exact) mass is 344 g/mol. The maximum Gasteiger partial charge on any atom is 0.251 e. The number of hydrogen-bond acceptors (Lipinski definition) is 3. The first-order valence-electron chi connectivity index (χ1n) is 7.70. The number of hydrogen-bond donors (Lipinski definition) is 1. The molecular weight excluding hydrogens is 324 g/mol. The quantitative estimate of drug-likeness (QED) is 0.703. The molecule has 3 aromatic rings. The maximum atomic E-state index is 12.1. The van der Waals surface area contributed by atoms with Gasteiger partial charge in [0.25, 0.3) is 5.91 Å². The standard InChI is InChI=1S/C18H20N2OS2/c1-3-15-17(13-7-10-22-11-13)16(18(19)21)12(2)20(15)8-6-14-5-4-9-23-14/h4-5,7,9-11H,3,6,8H2,1-2H3,(H2,19,21). The van der Waals surface area contributed by atoms with E-state index < -0.39 is 0 Å². The third kappa shape index (κ3) is 2.99. The van der Waals surface area contributed by atoms with Crippen LogP contribution in [0, 0.1) is 6.92 Å². The van der Waals surface area contributed by atoms with Gasteiger partial charge in [0.2, 0.25) is 0 Å². The highest BCUT2D eigenvalue weighted by molar-refractivity contribution is 7.09. The van der Waals surface area contributed by atoms with Crippen molar-refractivity contribution in [3.63, 3.8) is 0 Å². The summed E-state index contributed by atoms with van der Waals surface area (Å²) in [5, 5.41) is 6.23. The summed E-state index contributed by atoms with van der Waals surface area (Å²) in [6, 6.07) is 6.30. The van der Waals surface area contributed by atoms with E-state index in [2.05, 4.69) is 40.5 Å². The van der Waals surface area contributed by atoms with Crippen LogP contribution in [0.4, 0.5) is 0 Å². The summed E-state index contributed by atoms with van der Waals surface area (Å²) in [5.74, 6) is -0.340. The number of primary amides is 1. The molecule has 0 spiro atoms. The molecule has 0 fully saturated rings. The van der Waals surface area contributed by atoms with Gasteiger partial charge in [0, 0.05) is 28.4 Å². The highest BCUT2D eigenvalue weighted by Crippen LogP contribution is 2.34. The molecule has 3 nitrogen and oxygen atoms in total. The van der Waals surface area contributed by atoms with Crippen LogP contribution >= 0.6 is 22.7 Å². The van der Waals surface area contributed by atoms with Crippen LogP contribution in [0.3, 0.4) is 0 Å². The number of aromatic nitrogens is 1. The molecule has 2 N–H and O–H groups in total. The Balaban J connectivity index is 2.08. The minimum atomic E-state index is -0.340. The molecule has 23 heavy (non-hydrogen) atoms. The fourth-order valence-corrected chi connectivity index (χ4v) is 4.51. The minimum absolute atomic E-state index is 0.340. The molecule has 120 valence electrons. The third-order valence-electron chi connectivity index (χ3n) is 4.18. The van der Waals surface area contributed by atoms with Crippen LogP contribution in [-0.2, 0) is 19.4 Å². The van der Waals surface area contributed by atoms with Crippen molar-refractivity contribution in [3.05, 3.63) is 56.2 Å². The molecule has 0 bridgehead atoms. The van der Waals surface area contributed by atoms with Crippen LogP contribution in [-0.4, -0.2) is 10.5 Å². The Kier molecular flexibility index (Phi) is 4.68. The lowest BCUT2D eigenvalue weighted by atomic mass is 10.0. The van der Waals surface area contributed by atoms with Gasteiger partial charge in [-0.05, 0) is 53.6 Å². The molecule has 3 heterocycles. The number of aryl methyl sites for hydroxylation is 1. The molecule has 0 aliphatic rings. The van der Waals surface area contributed by atoms with Gasteiger partial charge in [-0.2, -0.15) is 11.3 Å². The zero-order chi connectivity index (χ0) is 16.4. The number of nitrogens with two attached hydrogens (primary N) is 1. The van der Waals surface area contributed by atoms with E-state index in [1.54, 1.807) is 22.7 Å². The van der Waals surface area contributed by atoms with Crippen LogP contribution in [0.15, 0.2) is 34.3 Å². The van der Waals surface area contributed by atoms with Crippen LogP contribution in [0.25, 0.3) is 11.1 Å². The average molecular weight is 345 g/mol. The van der Waals surface area contributed by atoms with E-state index in [1.807, 2.05) is 12.3 Å². The van der Waals surface area contributed by atoms with Crippen molar-refractivity contribution >= 4 is 28.6 Å². The molecule has 0 saturated carbocycles. The van der Waals surface area contributed by atoms with Crippen LogP contribution in [0.1, 0.15) is 33.5 Å². The second-order valence-electron chi connectivity index (χ2n) is 5.49. The molecule has 0 saturated heterocycles. The van der Waals surface area contributed by atoms with Gasteiger partial charge in [-0.15, -0.1) is 11.3 Å². The first kappa shape index (κ1) is 16.0. The van der Waals surface area contributed by atoms with Gasteiger partial charge in [0.15, 0.2) is 0 Å². The van der Waals surface area contributed by atoms with Crippen molar-refractivity contribution in [1.82, 2.24) is 4.57 Å². The lowest BCUT2D eigenvalue weighted by Crippen LogP contribution is -2.13. The smallest absolute Gasteiger partial charge is 0.251 e. The SMILES string of the molecule is CCc1c(-c2ccsc2)c(C(N)=O)c(C)n1CCc1cccs1. The maximum absolute atomic E-state index is 12.1. The topological polar surface area (TPSA) is 48.0 Å². The molecule has 3 rings (SSSR count). The highest BCUT2D eigenvalue weighted by Gasteiger charge is 2.23. The molecule has 1 amide bonds. The summed E-state index contributed by atoms with van der Waals surface area (Å²) < 4.78 is 2.27. The predicted octanol–water partition coefficient (Wildman–Crippen LogP) is 4.49. The van der Waals surface area contributed by atoms with Crippen LogP contribution in [0.5, 0.6) is 0 Å². The number of carbonyl (C=O) groups excluding carboxylic acids is 1. The fraction of sp³-hybridized carbons (Fsp3) is 0.278. The first-order chi connectivity index (χ1) is 11.1. The van der Waals surface area contributed by atoms with Crippen molar-refractivity contribution in [1.29, 1.82) is 0 Å². The van der Waals surface area contributed by atoms with Gasteiger partial charge in [-0.1, -0.05) is 13.0 Å². The Morgan fingerprint density at radius 2 is 2.13 bits per heavy atom. The Morgan fingerprint density at radius 1 is 1.30 bits per heavy atom. The zero-order valence-corrected chi connectivity index (χ0v) is 15.0. The van der Waals surface area contributed by atoms with Crippen molar-refractivity contribution in [2.75, 3.05) is 0 Å². The molecular formula is C18H20N2OS2. The molecule has 5 heteroatoms. The van der Waals surface area contributed by atoms with Gasteiger partial charge in [-0.25, -0.2) is 0 Å². The molecule has 0 aliphatic heterocycles. The summed E-state index contributed by atoms with van der Waals surface area (Å²) in [6.07, 6.45) is 1.85. The summed E-state index contributed by atoms with van der Waals surface area (Å²) in [4.78, 5) is 13.4. The number of rotatable bonds is 6. The van der Waals surface area contributed by atoms with Gasteiger partial charge in [0.05, 0.1) is 5.56 Å². The van der Waals surface area contributed by atoms with E-state index in [4.69, 9.17) is 5.73 Å². The first-order valence-corrected chi connectivity index (χ1v) is 9.52. The van der Waals surface area contributed by atoms with Crippen LogP contribution in [0.2, 0.25) is 0 Å². The average Bonchev–Trinajstić information content (AvgIpc) is 3.25. The van der Waals surface area contributed by atoms with Crippen molar-refractivity contribution in [2.24, 2.45) is 5.73 Å². The van der Waals surface area contributed by atoms with E-state index in [9.17, 15) is 4.79 Å². The third-order valence-corrected chi connectivity index (χ3v) is 5.80. The lowest BCUT2D eigenvalue weighted by molar-refractivity contribution is 0.1000. The van der Waals surface area contributed by atoms with Crippen molar-refractivity contribution < 1.29 is 4.79 Å². The van der Waals surface area contributed by atoms with Gasteiger partial charge < -0.3 is 10.3 Å². The minimum Gasteiger partial charge on any atom is -0.366 e. The molecule has 0 unspecified atom stereocenters. The number of amides is 1. The Bertz CT molecular complexity index is 799. The summed E-state index contributed by atoms with van der Waals surface area (Å²) in [5.41, 5.74) is 10.7. The van der Waals surface area contributed by atoms with E-state index >= 15 is 0 Å². The predicted molar refractivity (Wildman–Crippen MR) is 98.4 cm³/mol. The Morgan fingerprint density at radius 3 is 2.70 bits per heavy atom. The van der Waals surface area contributed by atoms with Crippen molar-refractivity contribution in [3.8, 4) is 11.1 Å². The second-order valence-corrected chi connectivity index (χ2v) is 7.31. The number of nitrogens with zero attached hydrogens (tertiary/aromatic N) is 1.